The molecule has 0 saturated heterocycles. The van der Waals surface area contributed by atoms with Gasteiger partial charge in [0, 0.05) is 18.6 Å². The molecule has 194 valence electrons. The topological polar surface area (TPSA) is 90.4 Å². The second-order valence-electron chi connectivity index (χ2n) is 9.69. The van der Waals surface area contributed by atoms with Gasteiger partial charge in [0.1, 0.15) is 16.9 Å². The van der Waals surface area contributed by atoms with Gasteiger partial charge in [0.2, 0.25) is 5.88 Å². The molecule has 1 amide bonds. The minimum Gasteiger partial charge on any atom is -0.456 e. The number of hydrogen-bond donors (Lipinski definition) is 1. The number of ether oxygens (including phenoxy) is 2. The average Bonchev–Trinajstić information content (AvgIpc) is 2.89. The van der Waals surface area contributed by atoms with Crippen molar-refractivity contribution in [1.82, 2.24) is 15.3 Å². The molecule has 4 rings (SSSR count). The van der Waals surface area contributed by atoms with E-state index in [0.29, 0.717) is 16.3 Å². The van der Waals surface area contributed by atoms with Crippen LogP contribution in [0, 0.1) is 0 Å². The Bertz CT molecular complexity index is 1420. The standard InChI is InChI=1S/C30H28ClN3O4/c1-19(20-7-9-22(10-8-20)29(36)38-30(2,3)4)34-27(35)26-16-24(31)18-33-28(26)37-25-13-11-21(12-14-25)23-6-5-15-32-17-23/h5-19H,1-4H3,(H,34,35)/t19-/m0/s1. The molecule has 2 aromatic carbocycles. The number of nitrogens with zero attached hydrogens (tertiary/aromatic N) is 2. The van der Waals surface area contributed by atoms with Crippen LogP contribution < -0.4 is 10.1 Å². The Hall–Kier alpha value is -4.23. The van der Waals surface area contributed by atoms with Gasteiger partial charge in [0.25, 0.3) is 5.91 Å². The maximum atomic E-state index is 13.2. The maximum absolute atomic E-state index is 13.2. The molecule has 0 aliphatic heterocycles. The minimum absolute atomic E-state index is 0.133. The quantitative estimate of drug-likeness (QED) is 0.258. The highest BCUT2D eigenvalue weighted by Gasteiger charge is 2.20. The Morgan fingerprint density at radius 3 is 2.29 bits per heavy atom. The molecule has 4 aromatic rings. The first-order valence-electron chi connectivity index (χ1n) is 12.1. The van der Waals surface area contributed by atoms with E-state index in [0.717, 1.165) is 16.7 Å². The lowest BCUT2D eigenvalue weighted by Gasteiger charge is -2.20. The second-order valence-corrected chi connectivity index (χ2v) is 10.1. The van der Waals surface area contributed by atoms with Crippen molar-refractivity contribution in [3.63, 3.8) is 0 Å². The molecule has 0 spiro atoms. The SMILES string of the molecule is C[C@H](NC(=O)c1cc(Cl)cnc1Oc1ccc(-c2cccnc2)cc1)c1ccc(C(=O)OC(C)(C)C)cc1. The number of amides is 1. The Kier molecular flexibility index (Phi) is 8.08. The monoisotopic (exact) mass is 529 g/mol. The third-order valence-corrected chi connectivity index (χ3v) is 5.73. The van der Waals surface area contributed by atoms with E-state index in [-0.39, 0.29) is 17.5 Å². The predicted molar refractivity (Wildman–Crippen MR) is 146 cm³/mol. The van der Waals surface area contributed by atoms with E-state index >= 15 is 0 Å². The van der Waals surface area contributed by atoms with Gasteiger partial charge in [0.15, 0.2) is 0 Å². The highest BCUT2D eigenvalue weighted by atomic mass is 35.5. The van der Waals surface area contributed by atoms with Crippen molar-refractivity contribution in [2.24, 2.45) is 0 Å². The lowest BCUT2D eigenvalue weighted by Crippen LogP contribution is -2.27. The van der Waals surface area contributed by atoms with Gasteiger partial charge in [-0.05, 0) is 80.8 Å². The predicted octanol–water partition coefficient (Wildman–Crippen LogP) is 7.04. The molecule has 0 unspecified atom stereocenters. The first-order chi connectivity index (χ1) is 18.1. The van der Waals surface area contributed by atoms with E-state index in [2.05, 4.69) is 15.3 Å². The molecule has 2 heterocycles. The van der Waals surface area contributed by atoms with E-state index < -0.39 is 17.5 Å². The zero-order chi connectivity index (χ0) is 27.3. The molecule has 0 fully saturated rings. The summed E-state index contributed by atoms with van der Waals surface area (Å²) in [6.07, 6.45) is 4.93. The molecule has 0 aliphatic rings. The summed E-state index contributed by atoms with van der Waals surface area (Å²) < 4.78 is 11.4. The number of esters is 1. The lowest BCUT2D eigenvalue weighted by atomic mass is 10.1. The number of benzene rings is 2. The summed E-state index contributed by atoms with van der Waals surface area (Å²) in [5.74, 6) is -0.146. The van der Waals surface area contributed by atoms with Crippen LogP contribution in [0.25, 0.3) is 11.1 Å². The van der Waals surface area contributed by atoms with Crippen LogP contribution in [0.15, 0.2) is 85.3 Å². The van der Waals surface area contributed by atoms with Crippen molar-refractivity contribution in [1.29, 1.82) is 0 Å². The summed E-state index contributed by atoms with van der Waals surface area (Å²) in [6.45, 7) is 7.29. The largest absolute Gasteiger partial charge is 0.456 e. The van der Waals surface area contributed by atoms with Crippen molar-refractivity contribution < 1.29 is 19.1 Å². The number of aromatic nitrogens is 2. The van der Waals surface area contributed by atoms with Crippen LogP contribution in [0.3, 0.4) is 0 Å². The van der Waals surface area contributed by atoms with Crippen molar-refractivity contribution in [3.8, 4) is 22.8 Å². The molecular formula is C30H28ClN3O4. The summed E-state index contributed by atoms with van der Waals surface area (Å²) in [7, 11) is 0. The Morgan fingerprint density at radius 2 is 1.66 bits per heavy atom. The molecule has 0 aliphatic carbocycles. The van der Waals surface area contributed by atoms with Crippen LogP contribution in [0.2, 0.25) is 5.02 Å². The van der Waals surface area contributed by atoms with Crippen molar-refractivity contribution in [2.45, 2.75) is 39.3 Å². The van der Waals surface area contributed by atoms with E-state index in [1.165, 1.54) is 12.3 Å². The van der Waals surface area contributed by atoms with Gasteiger partial charge in [-0.2, -0.15) is 0 Å². The van der Waals surface area contributed by atoms with Crippen molar-refractivity contribution in [2.75, 3.05) is 0 Å². The molecule has 38 heavy (non-hydrogen) atoms. The van der Waals surface area contributed by atoms with Gasteiger partial charge < -0.3 is 14.8 Å². The Balaban J connectivity index is 1.46. The molecule has 1 atom stereocenters. The molecule has 2 aromatic heterocycles. The Morgan fingerprint density at radius 1 is 0.947 bits per heavy atom. The highest BCUT2D eigenvalue weighted by molar-refractivity contribution is 6.30. The number of rotatable bonds is 7. The molecule has 8 heteroatoms. The van der Waals surface area contributed by atoms with Gasteiger partial charge >= 0.3 is 5.97 Å². The number of halogens is 1. The smallest absolute Gasteiger partial charge is 0.338 e. The van der Waals surface area contributed by atoms with E-state index in [1.807, 2.05) is 52.0 Å². The third-order valence-electron chi connectivity index (χ3n) is 5.52. The van der Waals surface area contributed by atoms with Gasteiger partial charge in [-0.25, -0.2) is 9.78 Å². The van der Waals surface area contributed by atoms with Crippen LogP contribution in [-0.2, 0) is 4.74 Å². The zero-order valence-corrected chi connectivity index (χ0v) is 22.3. The molecule has 1 N–H and O–H groups in total. The number of carbonyl (C=O) groups is 2. The number of nitrogens with one attached hydrogen (secondary N) is 1. The first-order valence-corrected chi connectivity index (χ1v) is 12.4. The van der Waals surface area contributed by atoms with E-state index in [1.54, 1.807) is 48.8 Å². The highest BCUT2D eigenvalue weighted by Crippen LogP contribution is 2.28. The molecule has 7 nitrogen and oxygen atoms in total. The van der Waals surface area contributed by atoms with Gasteiger partial charge in [-0.3, -0.25) is 9.78 Å². The number of hydrogen-bond acceptors (Lipinski definition) is 6. The first kappa shape index (κ1) is 26.8. The van der Waals surface area contributed by atoms with Crippen molar-refractivity contribution >= 4 is 23.5 Å². The molecule has 0 saturated carbocycles. The fourth-order valence-electron chi connectivity index (χ4n) is 3.63. The normalized spacial score (nSPS) is 11.9. The fourth-order valence-corrected chi connectivity index (χ4v) is 3.79. The third kappa shape index (κ3) is 6.95. The number of pyridine rings is 2. The van der Waals surface area contributed by atoms with Crippen LogP contribution in [0.1, 0.15) is 60.0 Å². The lowest BCUT2D eigenvalue weighted by molar-refractivity contribution is 0.00693. The second kappa shape index (κ2) is 11.4. The minimum atomic E-state index is -0.580. The van der Waals surface area contributed by atoms with Crippen LogP contribution in [0.4, 0.5) is 0 Å². The number of carbonyl (C=O) groups excluding carboxylic acids is 2. The van der Waals surface area contributed by atoms with Crippen LogP contribution >= 0.6 is 11.6 Å². The zero-order valence-electron chi connectivity index (χ0n) is 21.6. The fraction of sp³-hybridized carbons (Fsp3) is 0.200. The van der Waals surface area contributed by atoms with Gasteiger partial charge in [-0.1, -0.05) is 41.9 Å². The van der Waals surface area contributed by atoms with Gasteiger partial charge in [-0.15, -0.1) is 0 Å². The van der Waals surface area contributed by atoms with Gasteiger partial charge in [0.05, 0.1) is 16.6 Å². The molecule has 0 bridgehead atoms. The van der Waals surface area contributed by atoms with Crippen LogP contribution in [-0.4, -0.2) is 27.4 Å². The van der Waals surface area contributed by atoms with E-state index in [9.17, 15) is 9.59 Å². The van der Waals surface area contributed by atoms with Crippen LogP contribution in [0.5, 0.6) is 11.6 Å². The molecular weight excluding hydrogens is 502 g/mol. The summed E-state index contributed by atoms with van der Waals surface area (Å²) in [5.41, 5.74) is 2.84. The summed E-state index contributed by atoms with van der Waals surface area (Å²) in [4.78, 5) is 33.9. The summed E-state index contributed by atoms with van der Waals surface area (Å²) in [5, 5.41) is 3.25. The summed E-state index contributed by atoms with van der Waals surface area (Å²) >= 11 is 6.15. The van der Waals surface area contributed by atoms with E-state index in [4.69, 9.17) is 21.1 Å². The summed E-state index contributed by atoms with van der Waals surface area (Å²) in [6, 6.07) is 19.3. The molecule has 0 radical (unpaired) electrons. The average molecular weight is 530 g/mol. The maximum Gasteiger partial charge on any atom is 0.338 e. The van der Waals surface area contributed by atoms with Crippen molar-refractivity contribution in [3.05, 3.63) is 107 Å². The Labute approximate surface area is 226 Å².